The normalized spacial score (nSPS) is 14.4. The molecular weight excluding hydrogens is 428 g/mol. The van der Waals surface area contributed by atoms with E-state index >= 15 is 0 Å². The lowest BCUT2D eigenvalue weighted by Gasteiger charge is -2.12. The summed E-state index contributed by atoms with van der Waals surface area (Å²) in [6.07, 6.45) is 4.16. The number of nitrogens with one attached hydrogen (secondary N) is 2. The zero-order chi connectivity index (χ0) is 22.9. The summed E-state index contributed by atoms with van der Waals surface area (Å²) >= 11 is 0. The monoisotopic (exact) mass is 454 g/mol. The number of anilines is 1. The molecule has 1 amide bonds. The summed E-state index contributed by atoms with van der Waals surface area (Å²) in [5.41, 5.74) is 1.03. The van der Waals surface area contributed by atoms with Gasteiger partial charge in [0.15, 0.2) is 0 Å². The van der Waals surface area contributed by atoms with Crippen molar-refractivity contribution in [2.75, 3.05) is 4.72 Å². The van der Waals surface area contributed by atoms with E-state index in [0.29, 0.717) is 16.9 Å². The smallest absolute Gasteiger partial charge is 0.296 e. The second-order valence-corrected chi connectivity index (χ2v) is 9.70. The molecule has 0 bridgehead atoms. The van der Waals surface area contributed by atoms with Crippen molar-refractivity contribution >= 4 is 21.6 Å². The summed E-state index contributed by atoms with van der Waals surface area (Å²) in [5, 5.41) is 2.98. The number of sulfonamides is 1. The van der Waals surface area contributed by atoms with Crippen LogP contribution in [0.2, 0.25) is 0 Å². The van der Waals surface area contributed by atoms with Gasteiger partial charge in [-0.2, -0.15) is 0 Å². The molecule has 1 heterocycles. The van der Waals surface area contributed by atoms with Crippen molar-refractivity contribution in [2.45, 2.75) is 43.5 Å². The fraction of sp³-hybridized carbons (Fsp3) is 0.304. The van der Waals surface area contributed by atoms with Crippen LogP contribution in [0.5, 0.6) is 0 Å². The summed E-state index contributed by atoms with van der Waals surface area (Å²) in [4.78, 5) is 25.4. The van der Waals surface area contributed by atoms with E-state index in [0.717, 1.165) is 25.7 Å². The van der Waals surface area contributed by atoms with Gasteiger partial charge in [0.1, 0.15) is 5.69 Å². The average molecular weight is 455 g/mol. The highest BCUT2D eigenvalue weighted by molar-refractivity contribution is 7.92. The Hall–Kier alpha value is -3.33. The Bertz CT molecular complexity index is 1290. The molecule has 1 saturated carbocycles. The van der Waals surface area contributed by atoms with Crippen molar-refractivity contribution in [3.63, 3.8) is 0 Å². The predicted molar refractivity (Wildman–Crippen MR) is 123 cm³/mol. The van der Waals surface area contributed by atoms with E-state index in [1.54, 1.807) is 42.9 Å². The molecule has 1 aliphatic rings. The molecule has 1 fully saturated rings. The number of amides is 1. The van der Waals surface area contributed by atoms with Gasteiger partial charge < -0.3 is 5.32 Å². The number of carbonyl (C=O) groups excluding carboxylic acids is 1. The van der Waals surface area contributed by atoms with Crippen LogP contribution in [-0.2, 0) is 17.1 Å². The van der Waals surface area contributed by atoms with Gasteiger partial charge in [-0.05, 0) is 56.2 Å². The second kappa shape index (κ2) is 8.66. The van der Waals surface area contributed by atoms with Crippen molar-refractivity contribution in [3.8, 4) is 5.69 Å². The lowest BCUT2D eigenvalue weighted by atomic mass is 10.2. The molecule has 0 aliphatic heterocycles. The zero-order valence-electron chi connectivity index (χ0n) is 18.0. The maximum atomic E-state index is 13.0. The molecule has 4 rings (SSSR count). The van der Waals surface area contributed by atoms with Crippen LogP contribution in [0.1, 0.15) is 41.7 Å². The maximum absolute atomic E-state index is 13.0. The number of carbonyl (C=O) groups is 1. The Kier molecular flexibility index (Phi) is 5.92. The summed E-state index contributed by atoms with van der Waals surface area (Å²) in [7, 11) is -2.32. The third kappa shape index (κ3) is 4.20. The first-order valence-electron chi connectivity index (χ1n) is 10.6. The molecule has 8 nitrogen and oxygen atoms in total. The van der Waals surface area contributed by atoms with Crippen LogP contribution in [0.15, 0.2) is 64.3 Å². The molecule has 0 saturated heterocycles. The van der Waals surface area contributed by atoms with E-state index in [2.05, 4.69) is 10.0 Å². The SMILES string of the molecule is Cc1c(NS(=O)(=O)c2ccc(C(=O)NC3CCCC3)cc2)c(=O)n(-c2ccccc2)n1C. The molecule has 32 heavy (non-hydrogen) atoms. The number of hydrogen-bond donors (Lipinski definition) is 2. The van der Waals surface area contributed by atoms with E-state index in [1.807, 2.05) is 6.07 Å². The maximum Gasteiger partial charge on any atom is 0.296 e. The van der Waals surface area contributed by atoms with Gasteiger partial charge in [0.2, 0.25) is 0 Å². The first kappa shape index (κ1) is 21.9. The van der Waals surface area contributed by atoms with Crippen LogP contribution in [0, 0.1) is 6.92 Å². The number of para-hydroxylation sites is 1. The van der Waals surface area contributed by atoms with E-state index < -0.39 is 15.6 Å². The van der Waals surface area contributed by atoms with E-state index in [1.165, 1.54) is 28.9 Å². The number of benzene rings is 2. The van der Waals surface area contributed by atoms with E-state index in [-0.39, 0.29) is 22.5 Å². The van der Waals surface area contributed by atoms with Gasteiger partial charge >= 0.3 is 0 Å². The van der Waals surface area contributed by atoms with Crippen LogP contribution in [0.4, 0.5) is 5.69 Å². The molecule has 168 valence electrons. The zero-order valence-corrected chi connectivity index (χ0v) is 18.9. The summed E-state index contributed by atoms with van der Waals surface area (Å²) in [6.45, 7) is 1.68. The molecule has 1 aromatic heterocycles. The van der Waals surface area contributed by atoms with Gasteiger partial charge in [-0.25, -0.2) is 13.1 Å². The van der Waals surface area contributed by atoms with Gasteiger partial charge in [0.05, 0.1) is 16.3 Å². The lowest BCUT2D eigenvalue weighted by molar-refractivity contribution is 0.0938. The third-order valence-electron chi connectivity index (χ3n) is 5.91. The first-order valence-corrected chi connectivity index (χ1v) is 12.0. The molecule has 0 radical (unpaired) electrons. The highest BCUT2D eigenvalue weighted by Gasteiger charge is 2.23. The minimum Gasteiger partial charge on any atom is -0.349 e. The Morgan fingerprint density at radius 2 is 1.62 bits per heavy atom. The minimum absolute atomic E-state index is 0.0144. The van der Waals surface area contributed by atoms with Crippen LogP contribution in [0.25, 0.3) is 5.69 Å². The van der Waals surface area contributed by atoms with Gasteiger partial charge in [0, 0.05) is 18.7 Å². The van der Waals surface area contributed by atoms with E-state index in [4.69, 9.17) is 0 Å². The number of hydrogen-bond acceptors (Lipinski definition) is 4. The van der Waals surface area contributed by atoms with Crippen LogP contribution in [-0.4, -0.2) is 29.7 Å². The van der Waals surface area contributed by atoms with Crippen LogP contribution in [0.3, 0.4) is 0 Å². The lowest BCUT2D eigenvalue weighted by Crippen LogP contribution is -2.32. The van der Waals surface area contributed by atoms with Gasteiger partial charge in [-0.1, -0.05) is 31.0 Å². The average Bonchev–Trinajstić information content (AvgIpc) is 3.37. The first-order chi connectivity index (χ1) is 15.3. The molecule has 2 aromatic carbocycles. The Morgan fingerprint density at radius 1 is 1.00 bits per heavy atom. The standard InChI is InChI=1S/C23H26N4O4S/c1-16-21(23(29)27(26(16)2)19-10-4-3-5-11-19)25-32(30,31)20-14-12-17(13-15-20)22(28)24-18-8-6-7-9-18/h3-5,10-15,18,25H,6-9H2,1-2H3,(H,24,28). The summed E-state index contributed by atoms with van der Waals surface area (Å²) in [6, 6.07) is 14.9. The quantitative estimate of drug-likeness (QED) is 0.598. The van der Waals surface area contributed by atoms with Crippen molar-refractivity contribution < 1.29 is 13.2 Å². The van der Waals surface area contributed by atoms with Gasteiger partial charge in [-0.3, -0.25) is 19.0 Å². The number of rotatable bonds is 6. The van der Waals surface area contributed by atoms with Crippen LogP contribution < -0.4 is 15.6 Å². The van der Waals surface area contributed by atoms with Crippen molar-refractivity contribution in [2.24, 2.45) is 7.05 Å². The molecular formula is C23H26N4O4S. The molecule has 1 aliphatic carbocycles. The number of nitrogens with zero attached hydrogens (tertiary/aromatic N) is 2. The summed E-state index contributed by atoms with van der Waals surface area (Å²) in [5.74, 6) is -0.210. The highest BCUT2D eigenvalue weighted by atomic mass is 32.2. The Morgan fingerprint density at radius 3 is 2.25 bits per heavy atom. The molecule has 9 heteroatoms. The molecule has 0 spiro atoms. The summed E-state index contributed by atoms with van der Waals surface area (Å²) < 4.78 is 31.3. The molecule has 0 atom stereocenters. The van der Waals surface area contributed by atoms with E-state index in [9.17, 15) is 18.0 Å². The fourth-order valence-electron chi connectivity index (χ4n) is 4.00. The Labute approximate surface area is 186 Å². The fourth-order valence-corrected chi connectivity index (χ4v) is 5.12. The Balaban J connectivity index is 1.57. The molecule has 2 N–H and O–H groups in total. The predicted octanol–water partition coefficient (Wildman–Crippen LogP) is 2.96. The van der Waals surface area contributed by atoms with Crippen molar-refractivity contribution in [1.82, 2.24) is 14.7 Å². The number of aromatic nitrogens is 2. The molecule has 0 unspecified atom stereocenters. The van der Waals surface area contributed by atoms with Crippen molar-refractivity contribution in [1.29, 1.82) is 0 Å². The third-order valence-corrected chi connectivity index (χ3v) is 7.27. The van der Waals surface area contributed by atoms with Crippen LogP contribution >= 0.6 is 0 Å². The topological polar surface area (TPSA) is 102 Å². The second-order valence-electron chi connectivity index (χ2n) is 8.02. The highest BCUT2D eigenvalue weighted by Crippen LogP contribution is 2.20. The van der Waals surface area contributed by atoms with Crippen molar-refractivity contribution in [3.05, 3.63) is 76.2 Å². The van der Waals surface area contributed by atoms with Gasteiger partial charge in [-0.15, -0.1) is 0 Å². The molecule has 3 aromatic rings. The largest absolute Gasteiger partial charge is 0.349 e. The minimum atomic E-state index is -4.02. The van der Waals surface area contributed by atoms with Gasteiger partial charge in [0.25, 0.3) is 21.5 Å².